The van der Waals surface area contributed by atoms with Gasteiger partial charge >= 0.3 is 10.2 Å². The fourth-order valence-corrected chi connectivity index (χ4v) is 3.24. The van der Waals surface area contributed by atoms with Crippen LogP contribution in [0.5, 0.6) is 0 Å². The number of carbonyl (C=O) groups excluding carboxylic acids is 1. The minimum atomic E-state index is -3.65. The minimum Gasteiger partial charge on any atom is -0.329 e. The molecule has 0 aromatic heterocycles. The summed E-state index contributed by atoms with van der Waals surface area (Å²) in [6, 6.07) is 0. The third-order valence-electron chi connectivity index (χ3n) is 3.05. The van der Waals surface area contributed by atoms with Gasteiger partial charge in [0.25, 0.3) is 5.91 Å². The molecule has 0 saturated carbocycles. The van der Waals surface area contributed by atoms with Gasteiger partial charge in [-0.2, -0.15) is 12.7 Å². The van der Waals surface area contributed by atoms with E-state index in [-0.39, 0.29) is 19.0 Å². The predicted molar refractivity (Wildman–Crippen MR) is 79.1 cm³/mol. The molecule has 0 spiro atoms. The molecule has 0 radical (unpaired) electrons. The fraction of sp³-hybridized carbons (Fsp3) is 0.385. The molecular weight excluding hydrogens is 292 g/mol. The highest BCUT2D eigenvalue weighted by molar-refractivity contribution is 7.87. The Labute approximate surface area is 124 Å². The monoisotopic (exact) mass is 308 g/mol. The molecule has 7 nitrogen and oxygen atoms in total. The average Bonchev–Trinajstić information content (AvgIpc) is 2.77. The summed E-state index contributed by atoms with van der Waals surface area (Å²) in [6.45, 7) is 2.74. The first kappa shape index (κ1) is 15.3. The first-order valence-electron chi connectivity index (χ1n) is 6.42. The lowest BCUT2D eigenvalue weighted by Gasteiger charge is -2.34. The second-order valence-corrected chi connectivity index (χ2v) is 6.19. The smallest absolute Gasteiger partial charge is 0.308 e. The number of rotatable bonds is 2. The maximum absolute atomic E-state index is 12.4. The van der Waals surface area contributed by atoms with Crippen molar-refractivity contribution >= 4 is 22.5 Å². The summed E-state index contributed by atoms with van der Waals surface area (Å²) in [6.07, 6.45) is 7.43. The summed E-state index contributed by atoms with van der Waals surface area (Å²) >= 11 is 0. The summed E-state index contributed by atoms with van der Waals surface area (Å²) < 4.78 is 27.3. The molecule has 0 aromatic rings. The van der Waals surface area contributed by atoms with E-state index in [9.17, 15) is 13.2 Å². The van der Waals surface area contributed by atoms with Gasteiger partial charge in [-0.05, 0) is 25.0 Å². The lowest BCUT2D eigenvalue weighted by molar-refractivity contribution is -0.126. The average molecular weight is 308 g/mol. The van der Waals surface area contributed by atoms with Crippen LogP contribution in [0, 0.1) is 11.8 Å². The van der Waals surface area contributed by atoms with Gasteiger partial charge in [-0.15, -0.1) is 0 Å². The Morgan fingerprint density at radius 1 is 1.19 bits per heavy atom. The van der Waals surface area contributed by atoms with Gasteiger partial charge in [-0.25, -0.2) is 9.30 Å². The number of hydrogen-bond donors (Lipinski definition) is 0. The Balaban J connectivity index is 2.04. The normalized spacial score (nSPS) is 19.1. The molecule has 2 aliphatic rings. The number of aliphatic imine (C=N–C) groups is 1. The molecule has 8 heteroatoms. The Morgan fingerprint density at radius 3 is 2.57 bits per heavy atom. The van der Waals surface area contributed by atoms with Crippen LogP contribution in [0.25, 0.3) is 0 Å². The molecule has 0 unspecified atom stereocenters. The number of amides is 1. The SMILES string of the molecule is CC#CC(=O)N1CCN(S(=O)(=O)N2C=CC=CN=C2)CC1. The number of piperazine rings is 1. The van der Waals surface area contributed by atoms with Crippen LogP contribution >= 0.6 is 0 Å². The Kier molecular flexibility index (Phi) is 4.77. The standard InChI is InChI=1S/C13H16N4O3S/c1-2-5-13(18)15-8-10-16(11-9-15)21(19,20)17-7-4-3-6-14-12-17/h3-4,6-7,12H,8-11H2,1H3. The largest absolute Gasteiger partial charge is 0.329 e. The van der Waals surface area contributed by atoms with E-state index in [4.69, 9.17) is 0 Å². The van der Waals surface area contributed by atoms with Crippen LogP contribution in [0.15, 0.2) is 29.5 Å². The summed E-state index contributed by atoms with van der Waals surface area (Å²) in [4.78, 5) is 17.0. The van der Waals surface area contributed by atoms with Crippen molar-refractivity contribution in [3.63, 3.8) is 0 Å². The molecule has 0 aromatic carbocycles. The van der Waals surface area contributed by atoms with Gasteiger partial charge in [0, 0.05) is 38.6 Å². The zero-order valence-corrected chi connectivity index (χ0v) is 12.5. The van der Waals surface area contributed by atoms with E-state index in [1.54, 1.807) is 24.0 Å². The van der Waals surface area contributed by atoms with Crippen molar-refractivity contribution in [2.75, 3.05) is 26.2 Å². The van der Waals surface area contributed by atoms with E-state index in [1.165, 1.54) is 23.0 Å². The van der Waals surface area contributed by atoms with E-state index in [1.807, 2.05) is 0 Å². The van der Waals surface area contributed by atoms with Crippen molar-refractivity contribution in [1.82, 2.24) is 13.5 Å². The van der Waals surface area contributed by atoms with Crippen LogP contribution in [0.2, 0.25) is 0 Å². The van der Waals surface area contributed by atoms with Crippen molar-refractivity contribution in [2.45, 2.75) is 6.92 Å². The van der Waals surface area contributed by atoms with Gasteiger partial charge in [0.2, 0.25) is 0 Å². The summed E-state index contributed by atoms with van der Waals surface area (Å²) in [5.74, 6) is 4.74. The van der Waals surface area contributed by atoms with Gasteiger partial charge in [0.1, 0.15) is 6.34 Å². The van der Waals surface area contributed by atoms with Crippen LogP contribution < -0.4 is 0 Å². The third kappa shape index (κ3) is 3.51. The second-order valence-electron chi connectivity index (χ2n) is 4.35. The highest BCUT2D eigenvalue weighted by Crippen LogP contribution is 2.12. The maximum Gasteiger partial charge on any atom is 0.308 e. The Bertz CT molecular complexity index is 631. The lowest BCUT2D eigenvalue weighted by Crippen LogP contribution is -2.53. The Hall–Kier alpha value is -2.11. The van der Waals surface area contributed by atoms with E-state index in [0.29, 0.717) is 13.1 Å². The quantitative estimate of drug-likeness (QED) is 0.662. The van der Waals surface area contributed by atoms with Gasteiger partial charge in [0.15, 0.2) is 0 Å². The van der Waals surface area contributed by atoms with Gasteiger partial charge in [-0.3, -0.25) is 4.79 Å². The van der Waals surface area contributed by atoms with Crippen LogP contribution in [0.1, 0.15) is 6.92 Å². The molecule has 112 valence electrons. The summed E-state index contributed by atoms with van der Waals surface area (Å²) in [7, 11) is -3.65. The number of hydrogen-bond acceptors (Lipinski definition) is 4. The molecule has 0 aliphatic carbocycles. The topological polar surface area (TPSA) is 73.3 Å². The summed E-state index contributed by atoms with van der Waals surface area (Å²) in [5, 5.41) is 0. The van der Waals surface area contributed by atoms with Crippen LogP contribution in [0.4, 0.5) is 0 Å². The zero-order valence-electron chi connectivity index (χ0n) is 11.6. The number of allylic oxidation sites excluding steroid dienone is 2. The highest BCUT2D eigenvalue weighted by atomic mass is 32.2. The molecule has 1 amide bonds. The molecule has 0 atom stereocenters. The molecule has 1 saturated heterocycles. The van der Waals surface area contributed by atoms with Gasteiger partial charge in [0.05, 0.1) is 0 Å². The Morgan fingerprint density at radius 2 is 1.90 bits per heavy atom. The second kappa shape index (κ2) is 6.56. The molecule has 1 fully saturated rings. The molecular formula is C13H16N4O3S. The van der Waals surface area contributed by atoms with Crippen molar-refractivity contribution in [2.24, 2.45) is 4.99 Å². The summed E-state index contributed by atoms with van der Waals surface area (Å²) in [5.41, 5.74) is 0. The van der Waals surface area contributed by atoms with E-state index in [2.05, 4.69) is 16.8 Å². The number of carbonyl (C=O) groups is 1. The zero-order chi connectivity index (χ0) is 15.3. The predicted octanol–water partition coefficient (Wildman–Crippen LogP) is -0.230. The molecule has 0 bridgehead atoms. The highest BCUT2D eigenvalue weighted by Gasteiger charge is 2.31. The van der Waals surface area contributed by atoms with Crippen molar-refractivity contribution in [1.29, 1.82) is 0 Å². The number of nitrogens with zero attached hydrogens (tertiary/aromatic N) is 4. The van der Waals surface area contributed by atoms with E-state index >= 15 is 0 Å². The van der Waals surface area contributed by atoms with Crippen molar-refractivity contribution in [3.8, 4) is 11.8 Å². The van der Waals surface area contributed by atoms with E-state index in [0.717, 1.165) is 4.31 Å². The molecule has 2 rings (SSSR count). The van der Waals surface area contributed by atoms with Crippen LogP contribution in [0.3, 0.4) is 0 Å². The van der Waals surface area contributed by atoms with Gasteiger partial charge < -0.3 is 4.90 Å². The first-order valence-corrected chi connectivity index (χ1v) is 7.82. The maximum atomic E-state index is 12.4. The van der Waals surface area contributed by atoms with Crippen molar-refractivity contribution < 1.29 is 13.2 Å². The van der Waals surface area contributed by atoms with Crippen LogP contribution in [-0.4, -0.2) is 60.4 Å². The van der Waals surface area contributed by atoms with Gasteiger partial charge in [-0.1, -0.05) is 5.92 Å². The van der Waals surface area contributed by atoms with Crippen LogP contribution in [-0.2, 0) is 15.0 Å². The fourth-order valence-electron chi connectivity index (χ4n) is 1.95. The molecule has 2 heterocycles. The molecule has 0 N–H and O–H groups in total. The van der Waals surface area contributed by atoms with E-state index < -0.39 is 10.2 Å². The molecule has 2 aliphatic heterocycles. The minimum absolute atomic E-state index is 0.241. The first-order chi connectivity index (χ1) is 10.1. The van der Waals surface area contributed by atoms with Crippen molar-refractivity contribution in [3.05, 3.63) is 24.6 Å². The third-order valence-corrected chi connectivity index (χ3v) is 4.81. The lowest BCUT2D eigenvalue weighted by atomic mass is 10.3. The molecule has 21 heavy (non-hydrogen) atoms.